The summed E-state index contributed by atoms with van der Waals surface area (Å²) in [5.41, 5.74) is -0.321. The van der Waals surface area contributed by atoms with Gasteiger partial charge in [0, 0.05) is 12.1 Å². The molecule has 0 saturated heterocycles. The molecule has 1 amide bonds. The second-order valence-corrected chi connectivity index (χ2v) is 6.89. The van der Waals surface area contributed by atoms with Crippen molar-refractivity contribution in [2.45, 2.75) is 46.1 Å². The van der Waals surface area contributed by atoms with Crippen LogP contribution in [-0.4, -0.2) is 36.1 Å². The van der Waals surface area contributed by atoms with Gasteiger partial charge in [-0.1, -0.05) is 26.7 Å². The highest BCUT2D eigenvalue weighted by atomic mass is 16.6. The normalized spacial score (nSPS) is 22.0. The van der Waals surface area contributed by atoms with E-state index in [9.17, 15) is 19.7 Å². The van der Waals surface area contributed by atoms with E-state index in [2.05, 4.69) is 19.2 Å². The van der Waals surface area contributed by atoms with Crippen LogP contribution in [0.4, 0.5) is 5.69 Å². The highest BCUT2D eigenvalue weighted by molar-refractivity contribution is 5.92. The number of nitrogens with one attached hydrogen (secondary N) is 1. The van der Waals surface area contributed by atoms with E-state index in [1.54, 1.807) is 6.92 Å². The minimum atomic E-state index is -0.790. The lowest BCUT2D eigenvalue weighted by atomic mass is 9.78. The first-order chi connectivity index (χ1) is 12.8. The maximum absolute atomic E-state index is 12.1. The van der Waals surface area contributed by atoms with Gasteiger partial charge in [-0.3, -0.25) is 14.9 Å². The summed E-state index contributed by atoms with van der Waals surface area (Å²) in [7, 11) is 0. The Labute approximate surface area is 158 Å². The maximum atomic E-state index is 12.1. The Morgan fingerprint density at radius 2 is 2.04 bits per heavy atom. The lowest BCUT2D eigenvalue weighted by molar-refractivity contribution is -0.385. The number of rotatable bonds is 7. The number of hydrogen-bond acceptors (Lipinski definition) is 6. The molecule has 0 aliphatic heterocycles. The van der Waals surface area contributed by atoms with E-state index < -0.39 is 17.5 Å². The summed E-state index contributed by atoms with van der Waals surface area (Å²) in [6.45, 7) is 5.83. The molecule has 1 saturated carbocycles. The third-order valence-corrected chi connectivity index (χ3v) is 5.08. The van der Waals surface area contributed by atoms with Gasteiger partial charge in [0.05, 0.1) is 17.1 Å². The first-order valence-electron chi connectivity index (χ1n) is 9.21. The van der Waals surface area contributed by atoms with Gasteiger partial charge in [0.1, 0.15) is 0 Å². The molecule has 27 heavy (non-hydrogen) atoms. The van der Waals surface area contributed by atoms with E-state index in [1.165, 1.54) is 12.1 Å². The van der Waals surface area contributed by atoms with Crippen molar-refractivity contribution in [2.24, 2.45) is 11.8 Å². The molecule has 1 fully saturated rings. The van der Waals surface area contributed by atoms with E-state index in [1.807, 2.05) is 0 Å². The van der Waals surface area contributed by atoms with Crippen molar-refractivity contribution in [3.63, 3.8) is 0 Å². The van der Waals surface area contributed by atoms with Crippen LogP contribution in [0.25, 0.3) is 0 Å². The van der Waals surface area contributed by atoms with Gasteiger partial charge in [-0.2, -0.15) is 0 Å². The number of nitrogens with zero attached hydrogens (tertiary/aromatic N) is 1. The zero-order valence-corrected chi connectivity index (χ0v) is 15.9. The number of hydrogen-bond donors (Lipinski definition) is 1. The minimum absolute atomic E-state index is 0.00221. The Balaban J connectivity index is 1.94. The number of amides is 1. The van der Waals surface area contributed by atoms with Crippen molar-refractivity contribution in [1.82, 2.24) is 5.32 Å². The molecule has 1 aromatic carbocycles. The van der Waals surface area contributed by atoms with Gasteiger partial charge in [0.2, 0.25) is 0 Å². The monoisotopic (exact) mass is 378 g/mol. The van der Waals surface area contributed by atoms with Crippen LogP contribution in [0.5, 0.6) is 5.75 Å². The van der Waals surface area contributed by atoms with Crippen molar-refractivity contribution in [3.05, 3.63) is 33.9 Å². The van der Waals surface area contributed by atoms with E-state index in [0.29, 0.717) is 11.8 Å². The van der Waals surface area contributed by atoms with Gasteiger partial charge in [0.25, 0.3) is 5.91 Å². The lowest BCUT2D eigenvalue weighted by Crippen LogP contribution is -2.45. The molecular weight excluding hydrogens is 352 g/mol. The summed E-state index contributed by atoms with van der Waals surface area (Å²) in [5.74, 6) is -0.170. The molecule has 0 bridgehead atoms. The Hall–Kier alpha value is -2.64. The molecule has 1 aliphatic carbocycles. The molecule has 148 valence electrons. The van der Waals surface area contributed by atoms with Crippen molar-refractivity contribution < 1.29 is 24.0 Å². The standard InChI is InChI=1S/C19H26N2O6/c1-4-26-17-9-8-14(10-16(17)21(24)25)19(23)27-11-18(22)20-15-7-5-6-12(2)13(15)3/h8-10,12-13,15H,4-7,11H2,1-3H3,(H,20,22)/t12-,13+,15+/m1/s1. The van der Waals surface area contributed by atoms with Gasteiger partial charge in [0.15, 0.2) is 12.4 Å². The molecule has 0 aromatic heterocycles. The first kappa shape index (κ1) is 20.7. The Morgan fingerprint density at radius 1 is 1.30 bits per heavy atom. The van der Waals surface area contributed by atoms with E-state index >= 15 is 0 Å². The number of carbonyl (C=O) groups is 2. The van der Waals surface area contributed by atoms with Gasteiger partial charge in [-0.05, 0) is 37.3 Å². The molecule has 3 atom stereocenters. The summed E-state index contributed by atoms with van der Waals surface area (Å²) in [4.78, 5) is 34.7. The fraction of sp³-hybridized carbons (Fsp3) is 0.579. The Morgan fingerprint density at radius 3 is 2.70 bits per heavy atom. The SMILES string of the molecule is CCOc1ccc(C(=O)OCC(=O)N[C@H]2CCC[C@@H](C)[C@@H]2C)cc1[N+](=O)[O-]. The van der Waals surface area contributed by atoms with Crippen LogP contribution in [0.1, 0.15) is 50.4 Å². The fourth-order valence-electron chi connectivity index (χ4n) is 3.31. The predicted molar refractivity (Wildman–Crippen MR) is 98.7 cm³/mol. The lowest BCUT2D eigenvalue weighted by Gasteiger charge is -2.34. The van der Waals surface area contributed by atoms with Crippen LogP contribution in [0.3, 0.4) is 0 Å². The fourth-order valence-corrected chi connectivity index (χ4v) is 3.31. The molecule has 1 aliphatic rings. The largest absolute Gasteiger partial charge is 0.487 e. The predicted octanol–water partition coefficient (Wildman–Crippen LogP) is 3.09. The average molecular weight is 378 g/mol. The molecular formula is C19H26N2O6. The molecule has 0 unspecified atom stereocenters. The smallest absolute Gasteiger partial charge is 0.338 e. The van der Waals surface area contributed by atoms with Crippen LogP contribution in [0.2, 0.25) is 0 Å². The Bertz CT molecular complexity index is 705. The average Bonchev–Trinajstić information content (AvgIpc) is 2.64. The topological polar surface area (TPSA) is 108 Å². The summed E-state index contributed by atoms with van der Waals surface area (Å²) in [5, 5.41) is 14.0. The number of carbonyl (C=O) groups excluding carboxylic acids is 2. The van der Waals surface area contributed by atoms with Crippen molar-refractivity contribution >= 4 is 17.6 Å². The van der Waals surface area contributed by atoms with Crippen LogP contribution in [0.15, 0.2) is 18.2 Å². The first-order valence-corrected chi connectivity index (χ1v) is 9.21. The van der Waals surface area contributed by atoms with E-state index in [4.69, 9.17) is 9.47 Å². The number of benzene rings is 1. The minimum Gasteiger partial charge on any atom is -0.487 e. The second-order valence-electron chi connectivity index (χ2n) is 6.89. The highest BCUT2D eigenvalue weighted by Gasteiger charge is 2.28. The molecule has 8 nitrogen and oxygen atoms in total. The van der Waals surface area contributed by atoms with E-state index in [-0.39, 0.29) is 35.6 Å². The quantitative estimate of drug-likeness (QED) is 0.444. The molecule has 2 rings (SSSR count). The summed E-state index contributed by atoms with van der Waals surface area (Å²) in [6.07, 6.45) is 3.13. The molecule has 0 radical (unpaired) electrons. The van der Waals surface area contributed by atoms with Crippen LogP contribution >= 0.6 is 0 Å². The van der Waals surface area contributed by atoms with Crippen LogP contribution in [0, 0.1) is 22.0 Å². The highest BCUT2D eigenvalue weighted by Crippen LogP contribution is 2.30. The Kier molecular flexibility index (Phi) is 7.15. The van der Waals surface area contributed by atoms with Crippen LogP contribution in [-0.2, 0) is 9.53 Å². The van der Waals surface area contributed by atoms with Crippen LogP contribution < -0.4 is 10.1 Å². The second kappa shape index (κ2) is 9.34. The maximum Gasteiger partial charge on any atom is 0.338 e. The van der Waals surface area contributed by atoms with Gasteiger partial charge >= 0.3 is 11.7 Å². The molecule has 0 heterocycles. The zero-order valence-electron chi connectivity index (χ0n) is 15.9. The number of nitro benzene ring substituents is 1. The summed E-state index contributed by atoms with van der Waals surface area (Å²) in [6, 6.07) is 3.90. The van der Waals surface area contributed by atoms with Crippen molar-refractivity contribution in [3.8, 4) is 5.75 Å². The van der Waals surface area contributed by atoms with Gasteiger partial charge in [-0.25, -0.2) is 4.79 Å². The third kappa shape index (κ3) is 5.42. The van der Waals surface area contributed by atoms with Gasteiger partial charge < -0.3 is 14.8 Å². The van der Waals surface area contributed by atoms with Crippen molar-refractivity contribution in [1.29, 1.82) is 0 Å². The molecule has 8 heteroatoms. The number of esters is 1. The van der Waals surface area contributed by atoms with Gasteiger partial charge in [-0.15, -0.1) is 0 Å². The summed E-state index contributed by atoms with van der Waals surface area (Å²) >= 11 is 0. The third-order valence-electron chi connectivity index (χ3n) is 5.08. The molecule has 1 aromatic rings. The summed E-state index contributed by atoms with van der Waals surface area (Å²) < 4.78 is 10.2. The van der Waals surface area contributed by atoms with E-state index in [0.717, 1.165) is 25.3 Å². The molecule has 0 spiro atoms. The number of nitro groups is 1. The molecule has 1 N–H and O–H groups in total. The van der Waals surface area contributed by atoms with Crippen molar-refractivity contribution in [2.75, 3.05) is 13.2 Å². The number of ether oxygens (including phenoxy) is 2. The zero-order chi connectivity index (χ0) is 20.0.